The van der Waals surface area contributed by atoms with Crippen LogP contribution in [0.4, 0.5) is 11.5 Å². The smallest absolute Gasteiger partial charge is 0.297 e. The van der Waals surface area contributed by atoms with Crippen molar-refractivity contribution in [1.82, 2.24) is 4.98 Å². The number of nitrogens with zero attached hydrogens (tertiary/aromatic N) is 3. The van der Waals surface area contributed by atoms with E-state index in [9.17, 15) is 10.1 Å². The number of aryl methyl sites for hydroxylation is 2. The van der Waals surface area contributed by atoms with Gasteiger partial charge in [-0.3, -0.25) is 10.1 Å². The number of nitro benzene ring substituents is 1. The van der Waals surface area contributed by atoms with Gasteiger partial charge in [0.25, 0.3) is 11.5 Å². The van der Waals surface area contributed by atoms with Crippen LogP contribution in [-0.2, 0) is 13.7 Å². The number of hydrogen-bond donors (Lipinski definition) is 1. The van der Waals surface area contributed by atoms with Crippen LogP contribution in [0.25, 0.3) is 0 Å². The zero-order chi connectivity index (χ0) is 14.7. The molecule has 0 atom stereocenters. The Bertz CT molecular complexity index is 641. The van der Waals surface area contributed by atoms with E-state index in [0.717, 1.165) is 11.4 Å². The molecule has 0 bridgehead atoms. The Balaban J connectivity index is 2.09. The summed E-state index contributed by atoms with van der Waals surface area (Å²) in [5.74, 6) is 1.77. The number of benzene rings is 1. The predicted octanol–water partition coefficient (Wildman–Crippen LogP) is 1.28. The fraction of sp³-hybridized carbons (Fsp3) is 0.231. The maximum atomic E-state index is 10.5. The highest BCUT2D eigenvalue weighted by Gasteiger charge is 2.13. The van der Waals surface area contributed by atoms with Gasteiger partial charge >= 0.3 is 0 Å². The summed E-state index contributed by atoms with van der Waals surface area (Å²) in [6.07, 6.45) is 1.85. The molecule has 20 heavy (non-hydrogen) atoms. The minimum Gasteiger partial charge on any atom is -0.489 e. The summed E-state index contributed by atoms with van der Waals surface area (Å²) < 4.78 is 7.40. The van der Waals surface area contributed by atoms with Gasteiger partial charge in [0.05, 0.1) is 17.5 Å². The van der Waals surface area contributed by atoms with Crippen molar-refractivity contribution in [2.45, 2.75) is 13.5 Å². The lowest BCUT2D eigenvalue weighted by Crippen LogP contribution is -2.34. The van der Waals surface area contributed by atoms with Gasteiger partial charge in [0, 0.05) is 19.1 Å². The second-order valence-corrected chi connectivity index (χ2v) is 4.35. The fourth-order valence-corrected chi connectivity index (χ4v) is 1.65. The quantitative estimate of drug-likeness (QED) is 0.515. The monoisotopic (exact) mass is 275 g/mol. The van der Waals surface area contributed by atoms with Gasteiger partial charge in [-0.05, 0) is 17.1 Å². The molecule has 0 amide bonds. The average Bonchev–Trinajstić information content (AvgIpc) is 2.42. The van der Waals surface area contributed by atoms with Crippen LogP contribution in [0.15, 0.2) is 30.5 Å². The van der Waals surface area contributed by atoms with Crippen LogP contribution in [0.2, 0.25) is 0 Å². The number of hydrogen-bond acceptors (Lipinski definition) is 5. The standard InChI is InChI=1S/C13H14N4O3/c1-9-15-13(14)10(7-16(9)2)8-20-12-5-3-11(4-6-12)17(18)19/h3-7,14H,8H2,1-2H3/p+1. The van der Waals surface area contributed by atoms with E-state index >= 15 is 0 Å². The minimum absolute atomic E-state index is 0.0280. The van der Waals surface area contributed by atoms with Gasteiger partial charge in [-0.2, -0.15) is 0 Å². The van der Waals surface area contributed by atoms with Crippen LogP contribution in [-0.4, -0.2) is 9.91 Å². The van der Waals surface area contributed by atoms with E-state index in [2.05, 4.69) is 4.98 Å². The first-order valence-corrected chi connectivity index (χ1v) is 5.96. The summed E-state index contributed by atoms with van der Waals surface area (Å²) in [5.41, 5.74) is 6.61. The molecule has 0 unspecified atom stereocenters. The molecule has 0 fully saturated rings. The first-order chi connectivity index (χ1) is 9.47. The lowest BCUT2D eigenvalue weighted by molar-refractivity contribution is -0.681. The fourth-order valence-electron chi connectivity index (χ4n) is 1.65. The molecule has 1 aromatic carbocycles. The second kappa shape index (κ2) is 5.52. The van der Waals surface area contributed by atoms with E-state index < -0.39 is 4.92 Å². The number of ether oxygens (including phenoxy) is 1. The number of nitrogens with two attached hydrogens (primary N) is 1. The number of rotatable bonds is 4. The molecule has 1 aromatic heterocycles. The maximum absolute atomic E-state index is 10.5. The van der Waals surface area contributed by atoms with E-state index in [4.69, 9.17) is 10.5 Å². The summed E-state index contributed by atoms with van der Waals surface area (Å²) in [6, 6.07) is 5.89. The van der Waals surface area contributed by atoms with Crippen molar-refractivity contribution in [2.75, 3.05) is 5.73 Å². The molecule has 2 N–H and O–H groups in total. The van der Waals surface area contributed by atoms with Gasteiger partial charge in [-0.25, -0.2) is 4.57 Å². The Morgan fingerprint density at radius 2 is 2.05 bits per heavy atom. The molecule has 0 aliphatic carbocycles. The summed E-state index contributed by atoms with van der Waals surface area (Å²) in [7, 11) is 1.87. The lowest BCUT2D eigenvalue weighted by atomic mass is 10.3. The number of non-ortho nitro benzene ring substituents is 1. The zero-order valence-corrected chi connectivity index (χ0v) is 11.2. The topological polar surface area (TPSA) is 95.2 Å². The van der Waals surface area contributed by atoms with E-state index in [0.29, 0.717) is 11.6 Å². The molecule has 2 rings (SSSR count). The Morgan fingerprint density at radius 3 is 2.65 bits per heavy atom. The van der Waals surface area contributed by atoms with Crippen LogP contribution >= 0.6 is 0 Å². The highest BCUT2D eigenvalue weighted by atomic mass is 16.6. The van der Waals surface area contributed by atoms with Gasteiger partial charge in [0.2, 0.25) is 5.82 Å². The average molecular weight is 275 g/mol. The van der Waals surface area contributed by atoms with Crippen molar-refractivity contribution in [3.8, 4) is 5.75 Å². The number of nitrogen functional groups attached to an aromatic ring is 1. The normalized spacial score (nSPS) is 10.3. The first kappa shape index (κ1) is 13.7. The third-order valence-corrected chi connectivity index (χ3v) is 2.91. The zero-order valence-electron chi connectivity index (χ0n) is 11.2. The molecule has 0 radical (unpaired) electrons. The summed E-state index contributed by atoms with van der Waals surface area (Å²) in [6.45, 7) is 2.11. The van der Waals surface area contributed by atoms with Gasteiger partial charge in [-0.15, -0.1) is 0 Å². The summed E-state index contributed by atoms with van der Waals surface area (Å²) in [5, 5.41) is 10.5. The molecule has 2 aromatic rings. The molecular formula is C13H15N4O3+. The third kappa shape index (κ3) is 3.00. The third-order valence-electron chi connectivity index (χ3n) is 2.91. The van der Waals surface area contributed by atoms with E-state index in [1.165, 1.54) is 12.1 Å². The molecule has 7 heteroatoms. The second-order valence-electron chi connectivity index (χ2n) is 4.35. The Morgan fingerprint density at radius 1 is 1.40 bits per heavy atom. The highest BCUT2D eigenvalue weighted by molar-refractivity contribution is 5.38. The van der Waals surface area contributed by atoms with Crippen LogP contribution < -0.4 is 15.0 Å². The van der Waals surface area contributed by atoms with E-state index in [-0.39, 0.29) is 12.3 Å². The molecule has 7 nitrogen and oxygen atoms in total. The van der Waals surface area contributed by atoms with Crippen molar-refractivity contribution in [1.29, 1.82) is 0 Å². The molecule has 0 saturated carbocycles. The highest BCUT2D eigenvalue weighted by Crippen LogP contribution is 2.19. The molecule has 0 aliphatic heterocycles. The molecule has 0 saturated heterocycles. The SMILES string of the molecule is Cc1nc(N)c(COc2ccc([N+](=O)[O-])cc2)c[n+]1C. The van der Waals surface area contributed by atoms with E-state index in [1.807, 2.05) is 24.7 Å². The predicted molar refractivity (Wildman–Crippen MR) is 72.0 cm³/mol. The van der Waals surface area contributed by atoms with Crippen LogP contribution in [0.1, 0.15) is 11.4 Å². The van der Waals surface area contributed by atoms with E-state index in [1.54, 1.807) is 12.1 Å². The Kier molecular flexibility index (Phi) is 3.79. The maximum Gasteiger partial charge on any atom is 0.297 e. The molecule has 0 spiro atoms. The Hall–Kier alpha value is -2.70. The Labute approximate surface area is 115 Å². The van der Waals surface area contributed by atoms with Gasteiger partial charge < -0.3 is 10.5 Å². The lowest BCUT2D eigenvalue weighted by Gasteiger charge is -2.06. The van der Waals surface area contributed by atoms with Gasteiger partial charge in [0.1, 0.15) is 18.6 Å². The van der Waals surface area contributed by atoms with Crippen molar-refractivity contribution in [3.05, 3.63) is 52.0 Å². The largest absolute Gasteiger partial charge is 0.489 e. The van der Waals surface area contributed by atoms with Crippen molar-refractivity contribution < 1.29 is 14.2 Å². The first-order valence-electron chi connectivity index (χ1n) is 5.96. The van der Waals surface area contributed by atoms with Gasteiger partial charge in [0.15, 0.2) is 0 Å². The number of aromatic nitrogens is 2. The number of nitro groups is 1. The van der Waals surface area contributed by atoms with Crippen molar-refractivity contribution >= 4 is 11.5 Å². The van der Waals surface area contributed by atoms with Crippen LogP contribution in [0.3, 0.4) is 0 Å². The van der Waals surface area contributed by atoms with Crippen LogP contribution in [0, 0.1) is 17.0 Å². The summed E-state index contributed by atoms with van der Waals surface area (Å²) >= 11 is 0. The van der Waals surface area contributed by atoms with Crippen molar-refractivity contribution in [3.63, 3.8) is 0 Å². The molecule has 1 heterocycles. The molecule has 104 valence electrons. The molecule has 0 aliphatic rings. The van der Waals surface area contributed by atoms with Gasteiger partial charge in [-0.1, -0.05) is 0 Å². The van der Waals surface area contributed by atoms with Crippen molar-refractivity contribution in [2.24, 2.45) is 7.05 Å². The summed E-state index contributed by atoms with van der Waals surface area (Å²) in [4.78, 5) is 14.3. The minimum atomic E-state index is -0.453. The molecular weight excluding hydrogens is 260 g/mol. The number of anilines is 1. The van der Waals surface area contributed by atoms with Crippen LogP contribution in [0.5, 0.6) is 5.75 Å².